The molecule has 0 heterocycles. The molecule has 2 rings (SSSR count). The van der Waals surface area contributed by atoms with Crippen LogP contribution in [0.3, 0.4) is 0 Å². The van der Waals surface area contributed by atoms with Gasteiger partial charge >= 0.3 is 0 Å². The van der Waals surface area contributed by atoms with Crippen molar-refractivity contribution in [2.45, 2.75) is 25.3 Å². The van der Waals surface area contributed by atoms with Gasteiger partial charge in [0.2, 0.25) is 0 Å². The van der Waals surface area contributed by atoms with E-state index in [2.05, 4.69) is 47.1 Å². The highest BCUT2D eigenvalue weighted by Gasteiger charge is 2.40. The fourth-order valence-electron chi connectivity index (χ4n) is 1.89. The monoisotopic (exact) mass is 239 g/mol. The van der Waals surface area contributed by atoms with Crippen molar-refractivity contribution in [3.63, 3.8) is 0 Å². The molecule has 1 fully saturated rings. The van der Waals surface area contributed by atoms with Crippen molar-refractivity contribution in [3.8, 4) is 0 Å². The van der Waals surface area contributed by atoms with Crippen LogP contribution < -0.4 is 5.73 Å². The summed E-state index contributed by atoms with van der Waals surface area (Å²) in [5.74, 6) is 1.43. The number of halogens is 1. The fourth-order valence-corrected chi connectivity index (χ4v) is 2.15. The summed E-state index contributed by atoms with van der Waals surface area (Å²) in [5, 5.41) is 0. The Balaban J connectivity index is 2.08. The third-order valence-corrected chi connectivity index (χ3v) is 3.34. The van der Waals surface area contributed by atoms with Gasteiger partial charge in [-0.3, -0.25) is 0 Å². The molecule has 2 heteroatoms. The maximum Gasteiger partial charge on any atom is 0.0175 e. The van der Waals surface area contributed by atoms with Crippen LogP contribution in [-0.4, -0.2) is 6.04 Å². The van der Waals surface area contributed by atoms with E-state index in [0.29, 0.717) is 17.9 Å². The molecule has 3 atom stereocenters. The molecule has 0 saturated heterocycles. The van der Waals surface area contributed by atoms with Gasteiger partial charge in [0.1, 0.15) is 0 Å². The van der Waals surface area contributed by atoms with E-state index < -0.39 is 0 Å². The van der Waals surface area contributed by atoms with Crippen molar-refractivity contribution in [2.75, 3.05) is 0 Å². The minimum absolute atomic E-state index is 0.341. The number of benzene rings is 1. The largest absolute Gasteiger partial charge is 0.328 e. The predicted molar refractivity (Wildman–Crippen MR) is 58.6 cm³/mol. The van der Waals surface area contributed by atoms with Crippen LogP contribution in [0.2, 0.25) is 0 Å². The van der Waals surface area contributed by atoms with E-state index in [9.17, 15) is 0 Å². The zero-order valence-electron chi connectivity index (χ0n) is 7.70. The number of rotatable bonds is 2. The molecule has 1 aromatic rings. The number of hydrogen-bond donors (Lipinski definition) is 1. The van der Waals surface area contributed by atoms with Crippen LogP contribution in [0.15, 0.2) is 28.7 Å². The van der Waals surface area contributed by atoms with E-state index in [1.807, 2.05) is 0 Å². The first-order valence-electron chi connectivity index (χ1n) is 4.69. The smallest absolute Gasteiger partial charge is 0.0175 e. The highest BCUT2D eigenvalue weighted by molar-refractivity contribution is 9.10. The van der Waals surface area contributed by atoms with Gasteiger partial charge in [-0.05, 0) is 42.9 Å². The summed E-state index contributed by atoms with van der Waals surface area (Å²) in [6.45, 7) is 2.10. The molecular formula is C11H14BrN. The van der Waals surface area contributed by atoms with Crippen molar-refractivity contribution in [2.24, 2.45) is 11.7 Å². The predicted octanol–water partition coefficient (Wildman–Crippen LogP) is 2.90. The summed E-state index contributed by atoms with van der Waals surface area (Å²) >= 11 is 3.43. The summed E-state index contributed by atoms with van der Waals surface area (Å²) in [6, 6.07) is 8.93. The SMILES string of the molecule is C[C@@H](N)[C@H]1C[C@@H]1c1ccc(Br)cc1. The van der Waals surface area contributed by atoms with Crippen LogP contribution >= 0.6 is 15.9 Å². The molecule has 70 valence electrons. The Morgan fingerprint density at radius 2 is 2.00 bits per heavy atom. The molecule has 0 radical (unpaired) electrons. The summed E-state index contributed by atoms with van der Waals surface area (Å²) < 4.78 is 1.15. The van der Waals surface area contributed by atoms with Crippen molar-refractivity contribution >= 4 is 15.9 Å². The molecule has 2 N–H and O–H groups in total. The van der Waals surface area contributed by atoms with Crippen LogP contribution in [0.25, 0.3) is 0 Å². The van der Waals surface area contributed by atoms with E-state index in [0.717, 1.165) is 4.47 Å². The maximum atomic E-state index is 5.85. The zero-order chi connectivity index (χ0) is 9.42. The second-order valence-electron chi connectivity index (χ2n) is 3.92. The zero-order valence-corrected chi connectivity index (χ0v) is 9.29. The van der Waals surface area contributed by atoms with E-state index in [1.54, 1.807) is 0 Å². The fraction of sp³-hybridized carbons (Fsp3) is 0.455. The van der Waals surface area contributed by atoms with Crippen molar-refractivity contribution in [1.82, 2.24) is 0 Å². The molecule has 0 unspecified atom stereocenters. The Kier molecular flexibility index (Phi) is 2.43. The first kappa shape index (κ1) is 9.22. The van der Waals surface area contributed by atoms with Gasteiger partial charge in [0, 0.05) is 10.5 Å². The third kappa shape index (κ3) is 1.94. The Bertz CT molecular complexity index is 291. The summed E-state index contributed by atoms with van der Waals surface area (Å²) in [7, 11) is 0. The van der Waals surface area contributed by atoms with Gasteiger partial charge in [-0.2, -0.15) is 0 Å². The van der Waals surface area contributed by atoms with Crippen molar-refractivity contribution in [1.29, 1.82) is 0 Å². The third-order valence-electron chi connectivity index (χ3n) is 2.81. The molecule has 0 aromatic heterocycles. The Hall–Kier alpha value is -0.340. The van der Waals surface area contributed by atoms with Crippen LogP contribution in [0, 0.1) is 5.92 Å². The Labute approximate surface area is 87.5 Å². The quantitative estimate of drug-likeness (QED) is 0.845. The average molecular weight is 240 g/mol. The van der Waals surface area contributed by atoms with Gasteiger partial charge in [-0.1, -0.05) is 28.1 Å². The number of nitrogens with two attached hydrogens (primary N) is 1. The molecule has 0 amide bonds. The van der Waals surface area contributed by atoms with Crippen LogP contribution in [-0.2, 0) is 0 Å². The van der Waals surface area contributed by atoms with Gasteiger partial charge in [-0.25, -0.2) is 0 Å². The van der Waals surface area contributed by atoms with E-state index >= 15 is 0 Å². The highest BCUT2D eigenvalue weighted by atomic mass is 79.9. The van der Waals surface area contributed by atoms with Crippen LogP contribution in [0.5, 0.6) is 0 Å². The molecule has 0 bridgehead atoms. The van der Waals surface area contributed by atoms with E-state index in [1.165, 1.54) is 12.0 Å². The second-order valence-corrected chi connectivity index (χ2v) is 4.83. The highest BCUT2D eigenvalue weighted by Crippen LogP contribution is 2.48. The lowest BCUT2D eigenvalue weighted by atomic mass is 10.1. The average Bonchev–Trinajstić information content (AvgIpc) is 2.85. The standard InChI is InChI=1S/C11H14BrN/c1-7(13)10-6-11(10)8-2-4-9(12)5-3-8/h2-5,7,10-11H,6,13H2,1H3/t7-,10-,11-/m1/s1. The van der Waals surface area contributed by atoms with Crippen LogP contribution in [0.1, 0.15) is 24.8 Å². The van der Waals surface area contributed by atoms with Crippen LogP contribution in [0.4, 0.5) is 0 Å². The molecule has 0 spiro atoms. The molecular weight excluding hydrogens is 226 g/mol. The first-order valence-corrected chi connectivity index (χ1v) is 5.49. The number of hydrogen-bond acceptors (Lipinski definition) is 1. The summed E-state index contributed by atoms with van der Waals surface area (Å²) in [5.41, 5.74) is 7.28. The second kappa shape index (κ2) is 3.43. The lowest BCUT2D eigenvalue weighted by Gasteiger charge is -2.03. The molecule has 1 aromatic carbocycles. The Morgan fingerprint density at radius 1 is 1.38 bits per heavy atom. The van der Waals surface area contributed by atoms with Crippen molar-refractivity contribution in [3.05, 3.63) is 34.3 Å². The molecule has 1 saturated carbocycles. The van der Waals surface area contributed by atoms with Gasteiger partial charge in [-0.15, -0.1) is 0 Å². The normalized spacial score (nSPS) is 28.5. The molecule has 1 nitrogen and oxygen atoms in total. The lowest BCUT2D eigenvalue weighted by Crippen LogP contribution is -2.17. The lowest BCUT2D eigenvalue weighted by molar-refractivity contribution is 0.631. The van der Waals surface area contributed by atoms with Gasteiger partial charge in [0.15, 0.2) is 0 Å². The van der Waals surface area contributed by atoms with E-state index in [-0.39, 0.29) is 0 Å². The topological polar surface area (TPSA) is 26.0 Å². The minimum atomic E-state index is 0.341. The van der Waals surface area contributed by atoms with E-state index in [4.69, 9.17) is 5.73 Å². The molecule has 1 aliphatic carbocycles. The summed E-state index contributed by atoms with van der Waals surface area (Å²) in [4.78, 5) is 0. The molecule has 1 aliphatic rings. The maximum absolute atomic E-state index is 5.85. The minimum Gasteiger partial charge on any atom is -0.328 e. The first-order chi connectivity index (χ1) is 6.18. The van der Waals surface area contributed by atoms with Gasteiger partial charge in [0.25, 0.3) is 0 Å². The Morgan fingerprint density at radius 3 is 2.46 bits per heavy atom. The van der Waals surface area contributed by atoms with Gasteiger partial charge < -0.3 is 5.73 Å². The van der Waals surface area contributed by atoms with Crippen molar-refractivity contribution < 1.29 is 0 Å². The molecule has 0 aliphatic heterocycles. The van der Waals surface area contributed by atoms with Gasteiger partial charge in [0.05, 0.1) is 0 Å². The summed E-state index contributed by atoms with van der Waals surface area (Å²) in [6.07, 6.45) is 1.26. The molecule has 13 heavy (non-hydrogen) atoms.